The van der Waals surface area contributed by atoms with E-state index in [1.165, 1.54) is 44.6 Å². The van der Waals surface area contributed by atoms with Gasteiger partial charge in [0, 0.05) is 9.13 Å². The topological polar surface area (TPSA) is 0 Å². The highest BCUT2D eigenvalue weighted by atomic mass is 28.2. The molecule has 0 heterocycles. The number of hydrogen-bond donors (Lipinski definition) is 0. The number of rotatable bonds is 7. The molecule has 0 aromatic carbocycles. The molecule has 1 fully saturated rings. The second-order valence-electron chi connectivity index (χ2n) is 4.04. The first-order chi connectivity index (χ1) is 5.88. The normalized spacial score (nSPS) is 27.1. The lowest BCUT2D eigenvalue weighted by Crippen LogP contribution is -1.85. The van der Waals surface area contributed by atoms with Crippen molar-refractivity contribution in [2.24, 2.45) is 11.8 Å². The molecule has 2 atom stereocenters. The summed E-state index contributed by atoms with van der Waals surface area (Å²) in [7, 11) is 0.933. The van der Waals surface area contributed by atoms with Gasteiger partial charge in [0.15, 0.2) is 0 Å². The summed E-state index contributed by atoms with van der Waals surface area (Å²) < 4.78 is 0. The van der Waals surface area contributed by atoms with Crippen molar-refractivity contribution in [3.63, 3.8) is 0 Å². The molecule has 69 valence electrons. The fourth-order valence-corrected chi connectivity index (χ4v) is 2.54. The molecule has 0 aliphatic heterocycles. The van der Waals surface area contributed by atoms with Gasteiger partial charge in [-0.05, 0) is 30.7 Å². The fourth-order valence-electron chi connectivity index (χ4n) is 1.96. The van der Waals surface area contributed by atoms with E-state index in [1.807, 2.05) is 0 Å². The van der Waals surface area contributed by atoms with Crippen LogP contribution < -0.4 is 0 Å². The second kappa shape index (κ2) is 5.68. The Morgan fingerprint density at radius 3 is 2.67 bits per heavy atom. The second-order valence-corrected chi connectivity index (χ2v) is 5.04. The van der Waals surface area contributed by atoms with E-state index in [2.05, 4.69) is 13.1 Å². The molecule has 1 radical (unpaired) electrons. The first kappa shape index (κ1) is 10.2. The Balaban J connectivity index is 1.89. The van der Waals surface area contributed by atoms with E-state index < -0.39 is 0 Å². The Labute approximate surface area is 79.2 Å². The monoisotopic (exact) mass is 181 g/mol. The third-order valence-electron chi connectivity index (χ3n) is 2.94. The van der Waals surface area contributed by atoms with Crippen LogP contribution in [0.2, 0.25) is 6.04 Å². The molecule has 1 saturated carbocycles. The Morgan fingerprint density at radius 2 is 2.00 bits per heavy atom. The third kappa shape index (κ3) is 3.66. The van der Waals surface area contributed by atoms with Crippen molar-refractivity contribution >= 4 is 15.3 Å². The standard InChI is InChI=1S/C11H21Si/c1-3-4-5-6-10-9-11(10)7-8-12-2/h10-11H,2-9H2,1H3. The summed E-state index contributed by atoms with van der Waals surface area (Å²) in [6.45, 7) is 2.29. The maximum atomic E-state index is 3.91. The molecule has 0 bridgehead atoms. The van der Waals surface area contributed by atoms with Gasteiger partial charge < -0.3 is 0 Å². The first-order valence-corrected chi connectivity index (χ1v) is 6.79. The van der Waals surface area contributed by atoms with Gasteiger partial charge in [0.05, 0.1) is 0 Å². The average Bonchev–Trinajstić information content (AvgIpc) is 2.81. The number of hydrogen-bond acceptors (Lipinski definition) is 0. The molecule has 1 aliphatic rings. The zero-order chi connectivity index (χ0) is 8.81. The maximum Gasteiger partial charge on any atom is 0.0111 e. The van der Waals surface area contributed by atoms with E-state index >= 15 is 0 Å². The molecule has 0 N–H and O–H groups in total. The predicted octanol–water partition coefficient (Wildman–Crippen LogP) is 3.15. The van der Waals surface area contributed by atoms with Gasteiger partial charge in [0.2, 0.25) is 0 Å². The molecule has 0 saturated heterocycles. The maximum absolute atomic E-state index is 3.91. The smallest absolute Gasteiger partial charge is 0.0111 e. The molecule has 1 heteroatoms. The molecular weight excluding hydrogens is 160 g/mol. The van der Waals surface area contributed by atoms with Crippen LogP contribution in [0.1, 0.15) is 45.4 Å². The summed E-state index contributed by atoms with van der Waals surface area (Å²) in [6.07, 6.45) is 12.7. The molecule has 0 aromatic heterocycles. The number of unbranched alkanes of at least 4 members (excludes halogenated alkanes) is 2. The van der Waals surface area contributed by atoms with Gasteiger partial charge in [0.25, 0.3) is 0 Å². The summed E-state index contributed by atoms with van der Waals surface area (Å²) >= 11 is 0. The Morgan fingerprint density at radius 1 is 1.25 bits per heavy atom. The van der Waals surface area contributed by atoms with Crippen molar-refractivity contribution in [3.8, 4) is 0 Å². The van der Waals surface area contributed by atoms with E-state index in [9.17, 15) is 0 Å². The van der Waals surface area contributed by atoms with Crippen molar-refractivity contribution in [1.29, 1.82) is 0 Å². The van der Waals surface area contributed by atoms with Gasteiger partial charge in [-0.2, -0.15) is 0 Å². The third-order valence-corrected chi connectivity index (χ3v) is 3.58. The molecule has 1 aliphatic carbocycles. The van der Waals surface area contributed by atoms with Gasteiger partial charge in [-0.1, -0.05) is 32.6 Å². The van der Waals surface area contributed by atoms with E-state index in [-0.39, 0.29) is 0 Å². The van der Waals surface area contributed by atoms with Gasteiger partial charge in [-0.15, -0.1) is 6.17 Å². The quantitative estimate of drug-likeness (QED) is 0.418. The molecule has 0 nitrogen and oxygen atoms in total. The molecule has 1 rings (SSSR count). The Kier molecular flexibility index (Phi) is 4.82. The molecule has 0 spiro atoms. The summed E-state index contributed by atoms with van der Waals surface area (Å²) in [4.78, 5) is 0. The van der Waals surface area contributed by atoms with Crippen LogP contribution in [0.25, 0.3) is 0 Å². The van der Waals surface area contributed by atoms with Crippen LogP contribution in [-0.2, 0) is 0 Å². The predicted molar refractivity (Wildman–Crippen MR) is 58.0 cm³/mol. The highest BCUT2D eigenvalue weighted by molar-refractivity contribution is 6.40. The Bertz CT molecular complexity index is 131. The molecule has 0 aromatic rings. The van der Waals surface area contributed by atoms with E-state index in [0.29, 0.717) is 0 Å². The summed E-state index contributed by atoms with van der Waals surface area (Å²) in [5.41, 5.74) is 0. The van der Waals surface area contributed by atoms with E-state index in [0.717, 1.165) is 21.0 Å². The minimum absolute atomic E-state index is 0.933. The Hall–Kier alpha value is 0.0869. The van der Waals surface area contributed by atoms with Crippen LogP contribution in [0.4, 0.5) is 0 Å². The van der Waals surface area contributed by atoms with Crippen molar-refractivity contribution in [2.75, 3.05) is 0 Å². The summed E-state index contributed by atoms with van der Waals surface area (Å²) in [5, 5.41) is 0. The van der Waals surface area contributed by atoms with Crippen molar-refractivity contribution in [2.45, 2.75) is 51.5 Å². The van der Waals surface area contributed by atoms with Gasteiger partial charge in [-0.3, -0.25) is 0 Å². The summed E-state index contributed by atoms with van der Waals surface area (Å²) in [6, 6.07) is 1.38. The van der Waals surface area contributed by atoms with Crippen LogP contribution in [0.15, 0.2) is 0 Å². The lowest BCUT2D eigenvalue weighted by atomic mass is 10.1. The summed E-state index contributed by atoms with van der Waals surface area (Å²) in [5.74, 6) is 2.23. The van der Waals surface area contributed by atoms with Crippen molar-refractivity contribution in [3.05, 3.63) is 0 Å². The largest absolute Gasteiger partial charge is 0.118 e. The lowest BCUT2D eigenvalue weighted by molar-refractivity contribution is 0.575. The van der Waals surface area contributed by atoms with Gasteiger partial charge >= 0.3 is 0 Å². The van der Waals surface area contributed by atoms with Crippen LogP contribution in [0.3, 0.4) is 0 Å². The SMILES string of the molecule is C=[Si]CCC1CC1CCCCC. The first-order valence-electron chi connectivity index (χ1n) is 5.38. The molecule has 2 unspecified atom stereocenters. The van der Waals surface area contributed by atoms with Gasteiger partial charge in [-0.25, -0.2) is 0 Å². The average molecular weight is 181 g/mol. The van der Waals surface area contributed by atoms with Crippen LogP contribution in [0, 0.1) is 11.8 Å². The van der Waals surface area contributed by atoms with E-state index in [1.54, 1.807) is 0 Å². The van der Waals surface area contributed by atoms with Gasteiger partial charge in [0.1, 0.15) is 0 Å². The zero-order valence-electron chi connectivity index (χ0n) is 8.31. The zero-order valence-corrected chi connectivity index (χ0v) is 9.31. The lowest BCUT2D eigenvalue weighted by Gasteiger charge is -1.97. The van der Waals surface area contributed by atoms with Crippen molar-refractivity contribution in [1.82, 2.24) is 0 Å². The molecule has 0 amide bonds. The van der Waals surface area contributed by atoms with E-state index in [4.69, 9.17) is 0 Å². The van der Waals surface area contributed by atoms with Crippen molar-refractivity contribution < 1.29 is 0 Å². The minimum Gasteiger partial charge on any atom is -0.118 e. The van der Waals surface area contributed by atoms with Crippen LogP contribution in [0.5, 0.6) is 0 Å². The molecular formula is C11H21Si. The highest BCUT2D eigenvalue weighted by Gasteiger charge is 2.34. The highest BCUT2D eigenvalue weighted by Crippen LogP contribution is 2.45. The van der Waals surface area contributed by atoms with Crippen LogP contribution >= 0.6 is 0 Å². The van der Waals surface area contributed by atoms with Crippen LogP contribution in [-0.4, -0.2) is 15.3 Å². The minimum atomic E-state index is 0.933. The fraction of sp³-hybridized carbons (Fsp3) is 0.909. The molecule has 12 heavy (non-hydrogen) atoms.